The standard InChI is InChI=1S/C20H25NO4/c1-12(2)9-18(20(23)24)21-19(22)13(3)14-5-6-16-11-17(25-4)8-7-15(16)10-14/h5-8,10-13,18H,9H2,1-4H3,(H,21,22)(H,23,24)/t13-,18+/m0/s1. The average Bonchev–Trinajstić information content (AvgIpc) is 2.58. The molecule has 2 aromatic carbocycles. The topological polar surface area (TPSA) is 75.6 Å². The summed E-state index contributed by atoms with van der Waals surface area (Å²) in [4.78, 5) is 23.8. The van der Waals surface area contributed by atoms with Crippen LogP contribution in [-0.4, -0.2) is 30.1 Å². The molecule has 0 aliphatic rings. The molecule has 2 aromatic rings. The summed E-state index contributed by atoms with van der Waals surface area (Å²) in [6.07, 6.45) is 0.408. The second-order valence-corrected chi connectivity index (χ2v) is 6.72. The molecule has 0 saturated carbocycles. The summed E-state index contributed by atoms with van der Waals surface area (Å²) in [7, 11) is 1.62. The Bertz CT molecular complexity index is 769. The summed E-state index contributed by atoms with van der Waals surface area (Å²) in [5.41, 5.74) is 0.851. The Morgan fingerprint density at radius 2 is 1.72 bits per heavy atom. The zero-order valence-corrected chi connectivity index (χ0v) is 15.1. The molecule has 1 amide bonds. The highest BCUT2D eigenvalue weighted by molar-refractivity contribution is 5.90. The average molecular weight is 343 g/mol. The summed E-state index contributed by atoms with van der Waals surface area (Å²) in [6.45, 7) is 5.65. The van der Waals surface area contributed by atoms with Gasteiger partial charge in [0.25, 0.3) is 0 Å². The number of methoxy groups -OCH3 is 1. The van der Waals surface area contributed by atoms with E-state index >= 15 is 0 Å². The number of carboxylic acid groups (broad SMARTS) is 1. The van der Waals surface area contributed by atoms with Gasteiger partial charge < -0.3 is 15.2 Å². The van der Waals surface area contributed by atoms with Gasteiger partial charge in [0.05, 0.1) is 13.0 Å². The molecule has 0 unspecified atom stereocenters. The minimum Gasteiger partial charge on any atom is -0.497 e. The maximum Gasteiger partial charge on any atom is 0.326 e. The van der Waals surface area contributed by atoms with Crippen molar-refractivity contribution in [3.63, 3.8) is 0 Å². The quantitative estimate of drug-likeness (QED) is 0.806. The first-order valence-electron chi connectivity index (χ1n) is 8.42. The number of carbonyl (C=O) groups excluding carboxylic acids is 1. The van der Waals surface area contributed by atoms with E-state index in [0.29, 0.717) is 6.42 Å². The first-order valence-corrected chi connectivity index (χ1v) is 8.42. The Hall–Kier alpha value is -2.56. The predicted octanol–water partition coefficient (Wildman–Crippen LogP) is 3.57. The monoisotopic (exact) mass is 343 g/mol. The SMILES string of the molecule is COc1ccc2cc([C@H](C)C(=O)N[C@H](CC(C)C)C(=O)O)ccc2c1. The van der Waals surface area contributed by atoms with E-state index in [4.69, 9.17) is 4.74 Å². The molecule has 0 fully saturated rings. The van der Waals surface area contributed by atoms with Crippen molar-refractivity contribution in [1.82, 2.24) is 5.32 Å². The Morgan fingerprint density at radius 3 is 2.32 bits per heavy atom. The van der Waals surface area contributed by atoms with Gasteiger partial charge in [-0.25, -0.2) is 4.79 Å². The van der Waals surface area contributed by atoms with Gasteiger partial charge in [-0.1, -0.05) is 38.1 Å². The number of hydrogen-bond donors (Lipinski definition) is 2. The van der Waals surface area contributed by atoms with Gasteiger partial charge in [-0.15, -0.1) is 0 Å². The second kappa shape index (κ2) is 8.01. The highest BCUT2D eigenvalue weighted by Gasteiger charge is 2.24. The zero-order valence-electron chi connectivity index (χ0n) is 15.1. The molecule has 5 heteroatoms. The van der Waals surface area contributed by atoms with Crippen molar-refractivity contribution in [2.45, 2.75) is 39.2 Å². The lowest BCUT2D eigenvalue weighted by atomic mass is 9.96. The Kier molecular flexibility index (Phi) is 6.02. The zero-order chi connectivity index (χ0) is 18.6. The number of rotatable bonds is 7. The van der Waals surface area contributed by atoms with Gasteiger partial charge >= 0.3 is 5.97 Å². The molecule has 2 atom stereocenters. The number of hydrogen-bond acceptors (Lipinski definition) is 3. The van der Waals surface area contributed by atoms with Gasteiger partial charge in [-0.3, -0.25) is 4.79 Å². The summed E-state index contributed by atoms with van der Waals surface area (Å²) in [5.74, 6) is -0.738. The van der Waals surface area contributed by atoms with Crippen LogP contribution in [0.3, 0.4) is 0 Å². The minimum absolute atomic E-state index is 0.187. The van der Waals surface area contributed by atoms with Crippen molar-refractivity contribution >= 4 is 22.6 Å². The van der Waals surface area contributed by atoms with Crippen LogP contribution in [0.15, 0.2) is 36.4 Å². The first kappa shape index (κ1) is 18.8. The van der Waals surface area contributed by atoms with Gasteiger partial charge in [-0.2, -0.15) is 0 Å². The molecular weight excluding hydrogens is 318 g/mol. The van der Waals surface area contributed by atoms with Crippen LogP contribution in [0, 0.1) is 5.92 Å². The fraction of sp³-hybridized carbons (Fsp3) is 0.400. The maximum absolute atomic E-state index is 12.5. The number of fused-ring (bicyclic) bond motifs is 1. The van der Waals surface area contributed by atoms with E-state index in [0.717, 1.165) is 22.1 Å². The largest absolute Gasteiger partial charge is 0.497 e. The van der Waals surface area contributed by atoms with Crippen molar-refractivity contribution in [1.29, 1.82) is 0 Å². The fourth-order valence-electron chi connectivity index (χ4n) is 2.78. The molecule has 0 radical (unpaired) electrons. The van der Waals surface area contributed by atoms with E-state index in [1.165, 1.54) is 0 Å². The van der Waals surface area contributed by atoms with Crippen molar-refractivity contribution in [2.75, 3.05) is 7.11 Å². The number of ether oxygens (including phenoxy) is 1. The molecule has 25 heavy (non-hydrogen) atoms. The molecule has 0 heterocycles. The number of benzene rings is 2. The molecule has 0 aromatic heterocycles. The van der Waals surface area contributed by atoms with E-state index in [1.54, 1.807) is 14.0 Å². The minimum atomic E-state index is -1.00. The third-order valence-corrected chi connectivity index (χ3v) is 4.29. The van der Waals surface area contributed by atoms with Gasteiger partial charge in [0.2, 0.25) is 5.91 Å². The van der Waals surface area contributed by atoms with E-state index in [2.05, 4.69) is 5.32 Å². The van der Waals surface area contributed by atoms with Crippen LogP contribution < -0.4 is 10.1 Å². The highest BCUT2D eigenvalue weighted by atomic mass is 16.5. The fourth-order valence-corrected chi connectivity index (χ4v) is 2.78. The van der Waals surface area contributed by atoms with Gasteiger partial charge in [0.1, 0.15) is 11.8 Å². The maximum atomic E-state index is 12.5. The molecule has 0 spiro atoms. The Morgan fingerprint density at radius 1 is 1.08 bits per heavy atom. The van der Waals surface area contributed by atoms with Crippen molar-refractivity contribution in [3.8, 4) is 5.75 Å². The summed E-state index contributed by atoms with van der Waals surface area (Å²) in [6, 6.07) is 10.7. The Labute approximate surface area is 148 Å². The van der Waals surface area contributed by atoms with Crippen molar-refractivity contribution in [3.05, 3.63) is 42.0 Å². The van der Waals surface area contributed by atoms with Crippen LogP contribution in [0.4, 0.5) is 0 Å². The van der Waals surface area contributed by atoms with Crippen LogP contribution in [0.25, 0.3) is 10.8 Å². The summed E-state index contributed by atoms with van der Waals surface area (Å²) < 4.78 is 5.22. The lowest BCUT2D eigenvalue weighted by Gasteiger charge is -2.19. The Balaban J connectivity index is 2.18. The molecule has 0 aliphatic heterocycles. The van der Waals surface area contributed by atoms with E-state index in [9.17, 15) is 14.7 Å². The number of carbonyl (C=O) groups is 2. The van der Waals surface area contributed by atoms with Gasteiger partial charge in [-0.05, 0) is 47.7 Å². The highest BCUT2D eigenvalue weighted by Crippen LogP contribution is 2.25. The third kappa shape index (κ3) is 4.72. The smallest absolute Gasteiger partial charge is 0.326 e. The first-order chi connectivity index (χ1) is 11.8. The van der Waals surface area contributed by atoms with E-state index < -0.39 is 17.9 Å². The van der Waals surface area contributed by atoms with E-state index in [1.807, 2.05) is 50.2 Å². The van der Waals surface area contributed by atoms with Gasteiger partial charge in [0.15, 0.2) is 0 Å². The molecule has 5 nitrogen and oxygen atoms in total. The normalized spacial score (nSPS) is 13.5. The number of carboxylic acids is 1. The summed E-state index contributed by atoms with van der Waals surface area (Å²) >= 11 is 0. The third-order valence-electron chi connectivity index (χ3n) is 4.29. The van der Waals surface area contributed by atoms with Crippen LogP contribution in [0.5, 0.6) is 5.75 Å². The molecule has 0 aliphatic carbocycles. The number of amides is 1. The van der Waals surface area contributed by atoms with Crippen LogP contribution in [0.1, 0.15) is 38.7 Å². The van der Waals surface area contributed by atoms with Crippen LogP contribution >= 0.6 is 0 Å². The van der Waals surface area contributed by atoms with E-state index in [-0.39, 0.29) is 11.8 Å². The second-order valence-electron chi connectivity index (χ2n) is 6.72. The summed E-state index contributed by atoms with van der Waals surface area (Å²) in [5, 5.41) is 14.0. The van der Waals surface area contributed by atoms with Gasteiger partial charge in [0, 0.05) is 0 Å². The molecule has 2 rings (SSSR count). The lowest BCUT2D eigenvalue weighted by Crippen LogP contribution is -2.43. The molecule has 0 saturated heterocycles. The van der Waals surface area contributed by atoms with Crippen molar-refractivity contribution < 1.29 is 19.4 Å². The predicted molar refractivity (Wildman–Crippen MR) is 97.9 cm³/mol. The molecule has 2 N–H and O–H groups in total. The lowest BCUT2D eigenvalue weighted by molar-refractivity contribution is -0.142. The number of nitrogens with one attached hydrogen (secondary N) is 1. The number of aliphatic carboxylic acids is 1. The van der Waals surface area contributed by atoms with Crippen molar-refractivity contribution in [2.24, 2.45) is 5.92 Å². The molecule has 0 bridgehead atoms. The molecule has 134 valence electrons. The van der Waals surface area contributed by atoms with Crippen LogP contribution in [0.2, 0.25) is 0 Å². The molecular formula is C20H25NO4. The van der Waals surface area contributed by atoms with Crippen LogP contribution in [-0.2, 0) is 9.59 Å².